The second-order valence-electron chi connectivity index (χ2n) is 4.13. The predicted molar refractivity (Wildman–Crippen MR) is 71.8 cm³/mol. The minimum atomic E-state index is -3.48. The van der Waals surface area contributed by atoms with E-state index in [2.05, 4.69) is 4.72 Å². The first kappa shape index (κ1) is 12.9. The van der Waals surface area contributed by atoms with Crippen LogP contribution in [-0.4, -0.2) is 8.42 Å². The van der Waals surface area contributed by atoms with Gasteiger partial charge in [0.15, 0.2) is 0 Å². The molecule has 0 saturated carbocycles. The molecular weight excluding hydrogens is 248 g/mol. The van der Waals surface area contributed by atoms with Crippen LogP contribution in [0.3, 0.4) is 0 Å². The number of rotatable bonds is 4. The Morgan fingerprint density at radius 1 is 1.22 bits per heavy atom. The zero-order valence-corrected chi connectivity index (χ0v) is 10.8. The van der Waals surface area contributed by atoms with Gasteiger partial charge in [-0.3, -0.25) is 0 Å². The molecule has 18 heavy (non-hydrogen) atoms. The van der Waals surface area contributed by atoms with Crippen LogP contribution in [-0.2, 0) is 16.6 Å². The summed E-state index contributed by atoms with van der Waals surface area (Å²) in [5.41, 5.74) is 6.97. The quantitative estimate of drug-likeness (QED) is 0.868. The molecule has 0 radical (unpaired) electrons. The molecule has 0 spiro atoms. The molecule has 2 rings (SSSR count). The van der Waals surface area contributed by atoms with E-state index in [4.69, 9.17) is 5.73 Å². The fourth-order valence-electron chi connectivity index (χ4n) is 1.81. The summed E-state index contributed by atoms with van der Waals surface area (Å²) in [4.78, 5) is 0.293. The molecule has 5 heteroatoms. The van der Waals surface area contributed by atoms with Crippen molar-refractivity contribution >= 4 is 10.0 Å². The Kier molecular flexibility index (Phi) is 3.84. The fraction of sp³-hybridized carbons (Fsp3) is 0.231. The maximum atomic E-state index is 12.1. The maximum absolute atomic E-state index is 12.1. The Hall–Kier alpha value is -1.59. The average molecular weight is 264 g/mol. The number of sulfonamides is 1. The Balaban J connectivity index is 2.11. The van der Waals surface area contributed by atoms with Crippen molar-refractivity contribution in [2.75, 3.05) is 0 Å². The van der Waals surface area contributed by atoms with Gasteiger partial charge in [-0.05, 0) is 24.5 Å². The van der Waals surface area contributed by atoms with Crippen molar-refractivity contribution in [2.45, 2.75) is 19.4 Å². The van der Waals surface area contributed by atoms with E-state index in [1.54, 1.807) is 6.08 Å². The van der Waals surface area contributed by atoms with Crippen molar-refractivity contribution in [3.05, 3.63) is 58.6 Å². The first-order valence-electron chi connectivity index (χ1n) is 5.78. The minimum absolute atomic E-state index is 0.281. The van der Waals surface area contributed by atoms with Gasteiger partial charge in [-0.2, -0.15) is 0 Å². The van der Waals surface area contributed by atoms with E-state index in [0.29, 0.717) is 23.4 Å². The van der Waals surface area contributed by atoms with Gasteiger partial charge in [-0.25, -0.2) is 13.1 Å². The molecule has 1 aromatic rings. The van der Waals surface area contributed by atoms with E-state index in [9.17, 15) is 8.42 Å². The van der Waals surface area contributed by atoms with Gasteiger partial charge in [0.2, 0.25) is 10.0 Å². The summed E-state index contributed by atoms with van der Waals surface area (Å²) in [5.74, 6) is 0. The normalized spacial score (nSPS) is 16.0. The lowest BCUT2D eigenvalue weighted by Gasteiger charge is -2.14. The van der Waals surface area contributed by atoms with E-state index in [-0.39, 0.29) is 6.54 Å². The summed E-state index contributed by atoms with van der Waals surface area (Å²) in [7, 11) is -3.48. The van der Waals surface area contributed by atoms with Crippen LogP contribution < -0.4 is 10.5 Å². The Morgan fingerprint density at radius 3 is 2.61 bits per heavy atom. The number of nitrogens with two attached hydrogens (primary N) is 1. The summed E-state index contributed by atoms with van der Waals surface area (Å²) < 4.78 is 26.7. The third-order valence-electron chi connectivity index (χ3n) is 2.79. The van der Waals surface area contributed by atoms with Crippen molar-refractivity contribution in [1.82, 2.24) is 4.72 Å². The molecule has 0 bridgehead atoms. The van der Waals surface area contributed by atoms with Gasteiger partial charge in [-0.1, -0.05) is 36.4 Å². The van der Waals surface area contributed by atoms with Crippen molar-refractivity contribution in [2.24, 2.45) is 5.73 Å². The van der Waals surface area contributed by atoms with Gasteiger partial charge >= 0.3 is 0 Å². The van der Waals surface area contributed by atoms with Gasteiger partial charge < -0.3 is 5.73 Å². The average Bonchev–Trinajstić information content (AvgIpc) is 2.38. The van der Waals surface area contributed by atoms with Crippen LogP contribution >= 0.6 is 0 Å². The van der Waals surface area contributed by atoms with Gasteiger partial charge in [0.25, 0.3) is 0 Å². The Labute approximate surface area is 107 Å². The van der Waals surface area contributed by atoms with Crippen molar-refractivity contribution < 1.29 is 8.42 Å². The first-order chi connectivity index (χ1) is 8.59. The third kappa shape index (κ3) is 3.00. The lowest BCUT2D eigenvalue weighted by molar-refractivity contribution is 0.585. The van der Waals surface area contributed by atoms with E-state index in [0.717, 1.165) is 5.56 Å². The van der Waals surface area contributed by atoms with Crippen LogP contribution in [0.15, 0.2) is 53.1 Å². The topological polar surface area (TPSA) is 72.2 Å². The SMILES string of the molecule is NC1=C(S(=O)(=O)NCc2ccccc2)CCC=C1. The molecule has 0 heterocycles. The van der Waals surface area contributed by atoms with Gasteiger partial charge in [0, 0.05) is 12.2 Å². The summed E-state index contributed by atoms with van der Waals surface area (Å²) in [6.45, 7) is 0.281. The predicted octanol–water partition coefficient (Wildman–Crippen LogP) is 1.63. The highest BCUT2D eigenvalue weighted by Crippen LogP contribution is 2.20. The summed E-state index contributed by atoms with van der Waals surface area (Å²) in [5, 5.41) is 0. The molecule has 0 aromatic heterocycles. The molecule has 1 aliphatic carbocycles. The largest absolute Gasteiger partial charge is 0.398 e. The third-order valence-corrected chi connectivity index (χ3v) is 4.40. The number of hydrogen-bond acceptors (Lipinski definition) is 3. The van der Waals surface area contributed by atoms with Crippen LogP contribution in [0, 0.1) is 0 Å². The Morgan fingerprint density at radius 2 is 1.94 bits per heavy atom. The molecule has 0 aliphatic heterocycles. The molecule has 0 saturated heterocycles. The molecule has 0 amide bonds. The second kappa shape index (κ2) is 5.37. The van der Waals surface area contributed by atoms with Crippen LogP contribution in [0.4, 0.5) is 0 Å². The zero-order valence-electron chi connectivity index (χ0n) is 9.96. The lowest BCUT2D eigenvalue weighted by atomic mass is 10.1. The molecule has 0 fully saturated rings. The van der Waals surface area contributed by atoms with E-state index >= 15 is 0 Å². The van der Waals surface area contributed by atoms with Gasteiger partial charge in [0.1, 0.15) is 0 Å². The van der Waals surface area contributed by atoms with Gasteiger partial charge in [0.05, 0.1) is 4.91 Å². The molecule has 4 nitrogen and oxygen atoms in total. The number of nitrogens with one attached hydrogen (secondary N) is 1. The summed E-state index contributed by atoms with van der Waals surface area (Å²) >= 11 is 0. The monoisotopic (exact) mass is 264 g/mol. The molecule has 1 aliphatic rings. The molecule has 1 aromatic carbocycles. The Bertz CT molecular complexity index is 574. The molecule has 3 N–H and O–H groups in total. The lowest BCUT2D eigenvalue weighted by Crippen LogP contribution is -2.27. The first-order valence-corrected chi connectivity index (χ1v) is 7.27. The molecular formula is C13H16N2O2S. The van der Waals surface area contributed by atoms with Crippen LogP contribution in [0.5, 0.6) is 0 Å². The number of allylic oxidation sites excluding steroid dienone is 3. The molecule has 0 atom stereocenters. The summed E-state index contributed by atoms with van der Waals surface area (Å²) in [6.07, 6.45) is 4.71. The van der Waals surface area contributed by atoms with Crippen molar-refractivity contribution in [3.8, 4) is 0 Å². The van der Waals surface area contributed by atoms with Crippen LogP contribution in [0.1, 0.15) is 18.4 Å². The molecule has 96 valence electrons. The highest BCUT2D eigenvalue weighted by molar-refractivity contribution is 7.93. The highest BCUT2D eigenvalue weighted by Gasteiger charge is 2.20. The fourth-order valence-corrected chi connectivity index (χ4v) is 3.11. The van der Waals surface area contributed by atoms with Gasteiger partial charge in [-0.15, -0.1) is 0 Å². The zero-order chi connectivity index (χ0) is 13.0. The minimum Gasteiger partial charge on any atom is -0.398 e. The second-order valence-corrected chi connectivity index (χ2v) is 5.92. The van der Waals surface area contributed by atoms with Crippen LogP contribution in [0.25, 0.3) is 0 Å². The van der Waals surface area contributed by atoms with E-state index in [1.165, 1.54) is 0 Å². The van der Waals surface area contributed by atoms with Crippen molar-refractivity contribution in [1.29, 1.82) is 0 Å². The maximum Gasteiger partial charge on any atom is 0.239 e. The standard InChI is InChI=1S/C13H16N2O2S/c14-12-8-4-5-9-13(12)18(16,17)15-10-11-6-2-1-3-7-11/h1-4,6-8,15H,5,9-10,14H2. The van der Waals surface area contributed by atoms with E-state index < -0.39 is 10.0 Å². The highest BCUT2D eigenvalue weighted by atomic mass is 32.2. The number of hydrogen-bond donors (Lipinski definition) is 2. The summed E-state index contributed by atoms with van der Waals surface area (Å²) in [6, 6.07) is 9.40. The molecule has 0 unspecified atom stereocenters. The van der Waals surface area contributed by atoms with E-state index in [1.807, 2.05) is 36.4 Å². The number of benzene rings is 1. The smallest absolute Gasteiger partial charge is 0.239 e. The van der Waals surface area contributed by atoms with Crippen LogP contribution in [0.2, 0.25) is 0 Å². The van der Waals surface area contributed by atoms with Crippen molar-refractivity contribution in [3.63, 3.8) is 0 Å².